The van der Waals surface area contributed by atoms with Gasteiger partial charge in [0.15, 0.2) is 5.00 Å². The molecule has 102 valence electrons. The fourth-order valence-electron chi connectivity index (χ4n) is 1.48. The highest BCUT2D eigenvalue weighted by Crippen LogP contribution is 2.28. The van der Waals surface area contributed by atoms with Crippen LogP contribution in [0.25, 0.3) is 0 Å². The van der Waals surface area contributed by atoms with Gasteiger partial charge in [0, 0.05) is 19.4 Å². The molecule has 0 bridgehead atoms. The summed E-state index contributed by atoms with van der Waals surface area (Å²) in [5, 5.41) is 9.94. The predicted molar refractivity (Wildman–Crippen MR) is 63.6 cm³/mol. The van der Waals surface area contributed by atoms with Gasteiger partial charge in [-0.15, -0.1) is 0 Å². The Labute approximate surface area is 107 Å². The fraction of sp³-hybridized carbons (Fsp3) is 0.600. The monoisotopic (exact) mass is 280 g/mol. The first-order chi connectivity index (χ1) is 8.36. The second-order valence-electron chi connectivity index (χ2n) is 3.82. The Hall–Kier alpha value is -1.18. The Morgan fingerprint density at radius 3 is 2.72 bits per heavy atom. The molecular weight excluding hydrogens is 267 g/mol. The molecule has 8 heteroatoms. The number of hydrogen-bond acceptors (Lipinski definition) is 4. The van der Waals surface area contributed by atoms with Crippen LogP contribution < -0.4 is 11.2 Å². The van der Waals surface area contributed by atoms with Crippen molar-refractivity contribution in [3.05, 3.63) is 33.1 Å². The van der Waals surface area contributed by atoms with Crippen molar-refractivity contribution in [2.75, 3.05) is 13.8 Å². The standard InChI is InChI=1S/C10H14ClFN2O4/c1-6(18-2)8(16)10(11,5-12)14-4-3-7(15)13-9(14)17/h3-4,6,8,16H,5H2,1-2H3,(H,13,15,17). The van der Waals surface area contributed by atoms with E-state index in [1.54, 1.807) is 0 Å². The normalized spacial score (nSPS) is 18.1. The molecule has 0 aromatic carbocycles. The number of alkyl halides is 2. The summed E-state index contributed by atoms with van der Waals surface area (Å²) in [7, 11) is 1.32. The first-order valence-corrected chi connectivity index (χ1v) is 5.52. The lowest BCUT2D eigenvalue weighted by molar-refractivity contribution is -0.0477. The van der Waals surface area contributed by atoms with Crippen molar-refractivity contribution < 1.29 is 14.2 Å². The number of nitrogens with one attached hydrogen (secondary N) is 1. The van der Waals surface area contributed by atoms with Crippen molar-refractivity contribution in [1.82, 2.24) is 9.55 Å². The van der Waals surface area contributed by atoms with Crippen LogP contribution in [0.3, 0.4) is 0 Å². The summed E-state index contributed by atoms with van der Waals surface area (Å²) in [5.41, 5.74) is -1.54. The van der Waals surface area contributed by atoms with Crippen LogP contribution >= 0.6 is 11.6 Å². The maximum atomic E-state index is 13.2. The number of aliphatic hydroxyl groups excluding tert-OH is 1. The molecule has 1 heterocycles. The Balaban J connectivity index is 3.30. The van der Waals surface area contributed by atoms with Crippen LogP contribution in [-0.4, -0.2) is 40.6 Å². The summed E-state index contributed by atoms with van der Waals surface area (Å²) in [4.78, 5) is 22.4. The Morgan fingerprint density at radius 1 is 1.67 bits per heavy atom. The highest BCUT2D eigenvalue weighted by Gasteiger charge is 2.42. The first kappa shape index (κ1) is 14.9. The van der Waals surface area contributed by atoms with Gasteiger partial charge < -0.3 is 9.84 Å². The Kier molecular flexibility index (Phi) is 4.66. The number of aliphatic hydroxyl groups is 1. The number of ether oxygens (including phenoxy) is 1. The molecule has 1 aromatic heterocycles. The van der Waals surface area contributed by atoms with Gasteiger partial charge in [0.25, 0.3) is 5.56 Å². The molecule has 0 spiro atoms. The Bertz CT molecular complexity index is 517. The van der Waals surface area contributed by atoms with E-state index in [0.717, 1.165) is 16.8 Å². The van der Waals surface area contributed by atoms with Crippen molar-refractivity contribution in [2.24, 2.45) is 0 Å². The molecule has 0 radical (unpaired) electrons. The van der Waals surface area contributed by atoms with Gasteiger partial charge in [-0.2, -0.15) is 0 Å². The molecule has 6 nitrogen and oxygen atoms in total. The van der Waals surface area contributed by atoms with Crippen LogP contribution in [0.2, 0.25) is 0 Å². The molecule has 0 aliphatic rings. The molecular formula is C10H14ClFN2O4. The van der Waals surface area contributed by atoms with Gasteiger partial charge in [0.05, 0.1) is 6.10 Å². The molecule has 0 amide bonds. The zero-order chi connectivity index (χ0) is 13.9. The van der Waals surface area contributed by atoms with Gasteiger partial charge in [0.1, 0.15) is 12.8 Å². The summed E-state index contributed by atoms with van der Waals surface area (Å²) in [6.07, 6.45) is -1.24. The quantitative estimate of drug-likeness (QED) is 0.731. The number of H-pyrrole nitrogens is 1. The maximum Gasteiger partial charge on any atom is 0.329 e. The molecule has 3 atom stereocenters. The number of aromatic nitrogens is 2. The third-order valence-electron chi connectivity index (χ3n) is 2.68. The smallest absolute Gasteiger partial charge is 0.329 e. The molecule has 0 saturated heterocycles. The second kappa shape index (κ2) is 5.64. The predicted octanol–water partition coefficient (Wildman–Crippen LogP) is -0.207. The second-order valence-corrected chi connectivity index (χ2v) is 4.47. The van der Waals surface area contributed by atoms with Crippen LogP contribution in [-0.2, 0) is 9.73 Å². The average molecular weight is 281 g/mol. The van der Waals surface area contributed by atoms with Crippen LogP contribution in [0, 0.1) is 0 Å². The zero-order valence-corrected chi connectivity index (χ0v) is 10.6. The van der Waals surface area contributed by atoms with Crippen molar-refractivity contribution in [3.8, 4) is 0 Å². The van der Waals surface area contributed by atoms with Crippen LogP contribution in [0.1, 0.15) is 6.92 Å². The van der Waals surface area contributed by atoms with Gasteiger partial charge in [-0.05, 0) is 6.92 Å². The largest absolute Gasteiger partial charge is 0.387 e. The van der Waals surface area contributed by atoms with Gasteiger partial charge in [-0.1, -0.05) is 11.6 Å². The first-order valence-electron chi connectivity index (χ1n) is 5.15. The summed E-state index contributed by atoms with van der Waals surface area (Å²) in [6.45, 7) is 0.267. The molecule has 0 saturated carbocycles. The van der Waals surface area contributed by atoms with Crippen molar-refractivity contribution in [2.45, 2.75) is 24.1 Å². The molecule has 1 rings (SSSR count). The number of rotatable bonds is 5. The van der Waals surface area contributed by atoms with E-state index >= 15 is 0 Å². The zero-order valence-electron chi connectivity index (χ0n) is 9.89. The molecule has 18 heavy (non-hydrogen) atoms. The fourth-order valence-corrected chi connectivity index (χ4v) is 1.79. The van der Waals surface area contributed by atoms with Gasteiger partial charge in [0.2, 0.25) is 0 Å². The van der Waals surface area contributed by atoms with E-state index in [0.29, 0.717) is 0 Å². The van der Waals surface area contributed by atoms with E-state index in [9.17, 15) is 19.1 Å². The minimum Gasteiger partial charge on any atom is -0.387 e. The lowest BCUT2D eigenvalue weighted by Crippen LogP contribution is -2.53. The van der Waals surface area contributed by atoms with E-state index in [-0.39, 0.29) is 0 Å². The van der Waals surface area contributed by atoms with Crippen molar-refractivity contribution in [1.29, 1.82) is 0 Å². The number of aromatic amines is 1. The number of halogens is 2. The summed E-state index contributed by atoms with van der Waals surface area (Å²) in [6, 6.07) is 1.01. The van der Waals surface area contributed by atoms with Gasteiger partial charge in [-0.25, -0.2) is 9.18 Å². The van der Waals surface area contributed by atoms with E-state index < -0.39 is 35.1 Å². The highest BCUT2D eigenvalue weighted by molar-refractivity contribution is 6.22. The number of hydrogen-bond donors (Lipinski definition) is 2. The van der Waals surface area contributed by atoms with E-state index in [1.807, 2.05) is 4.98 Å². The number of methoxy groups -OCH3 is 1. The molecule has 2 N–H and O–H groups in total. The Morgan fingerprint density at radius 2 is 2.28 bits per heavy atom. The van der Waals surface area contributed by atoms with E-state index in [2.05, 4.69) is 0 Å². The third-order valence-corrected chi connectivity index (χ3v) is 3.19. The summed E-state index contributed by atoms with van der Waals surface area (Å²) >= 11 is 5.97. The minimum atomic E-state index is -2.03. The van der Waals surface area contributed by atoms with Crippen LogP contribution in [0.15, 0.2) is 21.9 Å². The summed E-state index contributed by atoms with van der Waals surface area (Å²) in [5.74, 6) is 0. The van der Waals surface area contributed by atoms with Crippen LogP contribution in [0.5, 0.6) is 0 Å². The van der Waals surface area contributed by atoms with E-state index in [4.69, 9.17) is 16.3 Å². The summed E-state index contributed by atoms with van der Waals surface area (Å²) < 4.78 is 18.7. The average Bonchev–Trinajstić information content (AvgIpc) is 2.36. The lowest BCUT2D eigenvalue weighted by Gasteiger charge is -2.33. The minimum absolute atomic E-state index is 0.636. The molecule has 3 unspecified atom stereocenters. The van der Waals surface area contributed by atoms with Crippen molar-refractivity contribution in [3.63, 3.8) is 0 Å². The molecule has 0 aliphatic heterocycles. The lowest BCUT2D eigenvalue weighted by atomic mass is 10.1. The van der Waals surface area contributed by atoms with E-state index in [1.165, 1.54) is 14.0 Å². The van der Waals surface area contributed by atoms with Crippen molar-refractivity contribution >= 4 is 11.6 Å². The molecule has 0 fully saturated rings. The number of nitrogens with zero attached hydrogens (tertiary/aromatic N) is 1. The highest BCUT2D eigenvalue weighted by atomic mass is 35.5. The van der Waals surface area contributed by atoms with Gasteiger partial charge in [-0.3, -0.25) is 14.3 Å². The molecule has 0 aliphatic carbocycles. The third kappa shape index (κ3) is 2.63. The van der Waals surface area contributed by atoms with Gasteiger partial charge >= 0.3 is 5.69 Å². The topological polar surface area (TPSA) is 84.3 Å². The molecule has 1 aromatic rings. The SMILES string of the molecule is COC(C)C(O)C(Cl)(CF)n1ccc(=O)[nH]c1=O. The van der Waals surface area contributed by atoms with Crippen LogP contribution in [0.4, 0.5) is 4.39 Å². The maximum absolute atomic E-state index is 13.2.